The number of anilines is 1. The molecule has 2 aromatic heterocycles. The molecule has 2 aromatic rings. The molecule has 4 rings (SSSR count). The van der Waals surface area contributed by atoms with Gasteiger partial charge in [0, 0.05) is 23.4 Å². The SMILES string of the molecule is C[N+](C)=CC1CCC(Nc2ncnc3sc4c(c23)C(C(=O)NCCO)CC4)CC1. The van der Waals surface area contributed by atoms with Crippen molar-refractivity contribution in [1.29, 1.82) is 0 Å². The minimum atomic E-state index is -0.178. The zero-order valence-corrected chi connectivity index (χ0v) is 18.0. The van der Waals surface area contributed by atoms with Crippen LogP contribution in [0.15, 0.2) is 6.33 Å². The number of nitrogens with one attached hydrogen (secondary N) is 2. The fourth-order valence-corrected chi connectivity index (χ4v) is 5.89. The van der Waals surface area contributed by atoms with Crippen LogP contribution in [0.5, 0.6) is 0 Å². The molecule has 1 amide bonds. The fourth-order valence-electron chi connectivity index (χ4n) is 4.68. The maximum absolute atomic E-state index is 12.6. The molecule has 0 spiro atoms. The number of carbonyl (C=O) groups excluding carboxylic acids is 1. The number of aliphatic hydroxyl groups excluding tert-OH is 1. The lowest BCUT2D eigenvalue weighted by molar-refractivity contribution is -0.462. The summed E-state index contributed by atoms with van der Waals surface area (Å²) in [6.45, 7) is 0.251. The van der Waals surface area contributed by atoms with E-state index >= 15 is 0 Å². The zero-order valence-electron chi connectivity index (χ0n) is 17.1. The van der Waals surface area contributed by atoms with E-state index in [4.69, 9.17) is 5.11 Å². The summed E-state index contributed by atoms with van der Waals surface area (Å²) in [5, 5.41) is 16.6. The molecular formula is C21H30N5O2S+. The number of aliphatic hydroxyl groups is 1. The number of nitrogens with zero attached hydrogens (tertiary/aromatic N) is 3. The second-order valence-corrected chi connectivity index (χ2v) is 9.40. The molecular weight excluding hydrogens is 386 g/mol. The second-order valence-electron chi connectivity index (χ2n) is 8.32. The summed E-state index contributed by atoms with van der Waals surface area (Å²) in [6.07, 6.45) is 10.3. The largest absolute Gasteiger partial charge is 0.395 e. The number of aryl methyl sites for hydroxylation is 1. The Morgan fingerprint density at radius 1 is 1.28 bits per heavy atom. The number of hydrogen-bond acceptors (Lipinski definition) is 6. The molecule has 7 nitrogen and oxygen atoms in total. The van der Waals surface area contributed by atoms with Crippen molar-refractivity contribution in [3.63, 3.8) is 0 Å². The highest BCUT2D eigenvalue weighted by molar-refractivity contribution is 7.19. The van der Waals surface area contributed by atoms with E-state index in [1.807, 2.05) is 0 Å². The van der Waals surface area contributed by atoms with Gasteiger partial charge in [-0.15, -0.1) is 11.3 Å². The zero-order chi connectivity index (χ0) is 20.4. The van der Waals surface area contributed by atoms with Gasteiger partial charge in [-0.2, -0.15) is 0 Å². The van der Waals surface area contributed by atoms with E-state index in [1.54, 1.807) is 17.7 Å². The van der Waals surface area contributed by atoms with Crippen molar-refractivity contribution < 1.29 is 14.5 Å². The van der Waals surface area contributed by atoms with Crippen LogP contribution >= 0.6 is 11.3 Å². The van der Waals surface area contributed by atoms with Gasteiger partial charge in [0.2, 0.25) is 5.91 Å². The first-order chi connectivity index (χ1) is 14.1. The van der Waals surface area contributed by atoms with E-state index in [2.05, 4.69) is 45.5 Å². The lowest BCUT2D eigenvalue weighted by Gasteiger charge is -2.27. The molecule has 29 heavy (non-hydrogen) atoms. The molecule has 8 heteroatoms. The van der Waals surface area contributed by atoms with Crippen LogP contribution in [0.3, 0.4) is 0 Å². The maximum atomic E-state index is 12.6. The summed E-state index contributed by atoms with van der Waals surface area (Å²) < 4.78 is 2.16. The van der Waals surface area contributed by atoms with Gasteiger partial charge in [-0.05, 0) is 44.1 Å². The van der Waals surface area contributed by atoms with Crippen molar-refractivity contribution >= 4 is 39.5 Å². The Morgan fingerprint density at radius 3 is 2.79 bits per heavy atom. The number of aromatic nitrogens is 2. The number of hydrogen-bond donors (Lipinski definition) is 3. The number of rotatable bonds is 6. The van der Waals surface area contributed by atoms with E-state index in [0.29, 0.717) is 18.5 Å². The summed E-state index contributed by atoms with van der Waals surface area (Å²) in [7, 11) is 4.18. The minimum absolute atomic E-state index is 0.00738. The first-order valence-electron chi connectivity index (χ1n) is 10.5. The van der Waals surface area contributed by atoms with Crippen LogP contribution in [0, 0.1) is 5.92 Å². The van der Waals surface area contributed by atoms with Crippen LogP contribution in [-0.4, -0.2) is 65.1 Å². The Labute approximate surface area is 175 Å². The number of carbonyl (C=O) groups is 1. The van der Waals surface area contributed by atoms with E-state index in [9.17, 15) is 4.79 Å². The lowest BCUT2D eigenvalue weighted by Crippen LogP contribution is -2.31. The van der Waals surface area contributed by atoms with Gasteiger partial charge in [-0.1, -0.05) is 0 Å². The molecule has 2 aliphatic rings. The van der Waals surface area contributed by atoms with Gasteiger partial charge in [0.05, 0.1) is 17.9 Å². The Bertz CT molecular complexity index is 913. The quantitative estimate of drug-likeness (QED) is 0.496. The summed E-state index contributed by atoms with van der Waals surface area (Å²) in [5.41, 5.74) is 1.10. The smallest absolute Gasteiger partial charge is 0.227 e. The number of thiophene rings is 1. The molecule has 0 aromatic carbocycles. The topological polar surface area (TPSA) is 90.2 Å². The van der Waals surface area contributed by atoms with Crippen LogP contribution in [0.25, 0.3) is 10.2 Å². The molecule has 156 valence electrons. The molecule has 0 saturated heterocycles. The second kappa shape index (κ2) is 8.75. The van der Waals surface area contributed by atoms with Gasteiger partial charge in [0.1, 0.15) is 37.3 Å². The van der Waals surface area contributed by atoms with Crippen molar-refractivity contribution in [2.75, 3.05) is 32.6 Å². The highest BCUT2D eigenvalue weighted by atomic mass is 32.1. The molecule has 3 N–H and O–H groups in total. The van der Waals surface area contributed by atoms with Gasteiger partial charge in [-0.25, -0.2) is 14.5 Å². The molecule has 0 bridgehead atoms. The van der Waals surface area contributed by atoms with Gasteiger partial charge >= 0.3 is 0 Å². The Balaban J connectivity index is 1.56. The van der Waals surface area contributed by atoms with Crippen LogP contribution in [-0.2, 0) is 11.2 Å². The summed E-state index contributed by atoms with van der Waals surface area (Å²) in [6, 6.07) is 0.401. The van der Waals surface area contributed by atoms with Crippen molar-refractivity contribution in [2.45, 2.75) is 50.5 Å². The minimum Gasteiger partial charge on any atom is -0.395 e. The van der Waals surface area contributed by atoms with Crippen molar-refractivity contribution in [3.05, 3.63) is 16.8 Å². The van der Waals surface area contributed by atoms with Crippen LogP contribution in [0.2, 0.25) is 0 Å². The third-order valence-corrected chi connectivity index (χ3v) is 7.13. The van der Waals surface area contributed by atoms with E-state index in [-0.39, 0.29) is 18.4 Å². The highest BCUT2D eigenvalue weighted by Crippen LogP contribution is 2.45. The predicted molar refractivity (Wildman–Crippen MR) is 116 cm³/mol. The maximum Gasteiger partial charge on any atom is 0.227 e. The Morgan fingerprint density at radius 2 is 2.07 bits per heavy atom. The molecule has 1 saturated carbocycles. The molecule has 2 aliphatic carbocycles. The van der Waals surface area contributed by atoms with Crippen molar-refractivity contribution in [1.82, 2.24) is 15.3 Å². The van der Waals surface area contributed by atoms with Crippen LogP contribution in [0.4, 0.5) is 5.82 Å². The third kappa shape index (κ3) is 4.28. The van der Waals surface area contributed by atoms with Gasteiger partial charge in [0.15, 0.2) is 0 Å². The average Bonchev–Trinajstić information content (AvgIpc) is 3.26. The Kier molecular flexibility index (Phi) is 6.10. The van der Waals surface area contributed by atoms with Crippen LogP contribution < -0.4 is 10.6 Å². The number of amides is 1. The molecule has 0 aliphatic heterocycles. The van der Waals surface area contributed by atoms with Crippen LogP contribution in [0.1, 0.15) is 48.5 Å². The molecule has 1 atom stereocenters. The fraction of sp³-hybridized carbons (Fsp3) is 0.619. The summed E-state index contributed by atoms with van der Waals surface area (Å²) in [4.78, 5) is 23.9. The number of fused-ring (bicyclic) bond motifs is 3. The van der Waals surface area contributed by atoms with E-state index in [0.717, 1.165) is 47.3 Å². The lowest BCUT2D eigenvalue weighted by atomic mass is 9.86. The molecule has 0 radical (unpaired) electrons. The van der Waals surface area contributed by atoms with Gasteiger partial charge in [0.25, 0.3) is 0 Å². The first-order valence-corrected chi connectivity index (χ1v) is 11.3. The van der Waals surface area contributed by atoms with Gasteiger partial charge in [-0.3, -0.25) is 4.79 Å². The summed E-state index contributed by atoms with van der Waals surface area (Å²) in [5.74, 6) is 1.34. The Hall–Kier alpha value is -2.06. The summed E-state index contributed by atoms with van der Waals surface area (Å²) >= 11 is 1.68. The monoisotopic (exact) mass is 416 g/mol. The normalized spacial score (nSPS) is 23.6. The van der Waals surface area contributed by atoms with Gasteiger partial charge < -0.3 is 15.7 Å². The molecule has 1 fully saturated rings. The van der Waals surface area contributed by atoms with Crippen molar-refractivity contribution in [2.24, 2.45) is 5.92 Å². The highest BCUT2D eigenvalue weighted by Gasteiger charge is 2.34. The van der Waals surface area contributed by atoms with Crippen molar-refractivity contribution in [3.8, 4) is 0 Å². The predicted octanol–water partition coefficient (Wildman–Crippen LogP) is 2.14. The standard InChI is InChI=1S/C21H29N5O2S/c1-26(2)11-13-3-5-14(6-4-13)25-19-18-17-15(20(28)22-9-10-27)7-8-16(17)29-21(18)24-12-23-19/h11-15,27H,3-10H2,1-2H3,(H-,22,23,24,25,28)/p+1. The van der Waals surface area contributed by atoms with E-state index in [1.165, 1.54) is 17.7 Å². The molecule has 2 heterocycles. The molecule has 1 unspecified atom stereocenters. The van der Waals surface area contributed by atoms with E-state index < -0.39 is 0 Å². The first kappa shape index (κ1) is 20.2. The third-order valence-electron chi connectivity index (χ3n) is 5.96. The average molecular weight is 417 g/mol.